The predicted octanol–water partition coefficient (Wildman–Crippen LogP) is 0.771. The molecule has 1 aliphatic heterocycles. The maximum Gasteiger partial charge on any atom is 0.494 e. The molecule has 1 aromatic carbocycles. The molecule has 2 N–H and O–H groups in total. The first kappa shape index (κ1) is 17.0. The van der Waals surface area contributed by atoms with Crippen molar-refractivity contribution in [2.75, 3.05) is 0 Å². The summed E-state index contributed by atoms with van der Waals surface area (Å²) in [5.41, 5.74) is 1.42. The zero-order valence-electron chi connectivity index (χ0n) is 13.4. The van der Waals surface area contributed by atoms with Crippen molar-refractivity contribution in [2.45, 2.75) is 38.9 Å². The van der Waals surface area contributed by atoms with E-state index in [1.165, 1.54) is 0 Å². The second-order valence-electron chi connectivity index (χ2n) is 6.19. The van der Waals surface area contributed by atoms with E-state index in [4.69, 9.17) is 19.4 Å². The van der Waals surface area contributed by atoms with Crippen molar-refractivity contribution < 1.29 is 19.4 Å². The van der Waals surface area contributed by atoms with Gasteiger partial charge in [0.15, 0.2) is 0 Å². The van der Waals surface area contributed by atoms with Crippen LogP contribution in [0.4, 0.5) is 0 Å². The fourth-order valence-corrected chi connectivity index (χ4v) is 2.22. The lowest BCUT2D eigenvalue weighted by Crippen LogP contribution is -2.41. The number of aromatic nitrogens is 1. The van der Waals surface area contributed by atoms with Crippen molar-refractivity contribution in [1.82, 2.24) is 4.98 Å². The first-order valence-electron chi connectivity index (χ1n) is 7.23. The Labute approximate surface area is 131 Å². The summed E-state index contributed by atoms with van der Waals surface area (Å²) in [6.45, 7) is 8.26. The molecule has 116 valence electrons. The van der Waals surface area contributed by atoms with Crippen LogP contribution in [0.3, 0.4) is 0 Å². The van der Waals surface area contributed by atoms with E-state index < -0.39 is 7.69 Å². The first-order valence-corrected chi connectivity index (χ1v) is 7.23. The van der Waals surface area contributed by atoms with E-state index in [9.17, 15) is 0 Å². The molecule has 2 heterocycles. The molecule has 0 unspecified atom stereocenters. The van der Waals surface area contributed by atoms with E-state index in [0.29, 0.717) is 0 Å². The summed E-state index contributed by atoms with van der Waals surface area (Å²) in [6, 6.07) is 10.1. The maximum absolute atomic E-state index is 7.12. The third kappa shape index (κ3) is 3.33. The van der Waals surface area contributed by atoms with Gasteiger partial charge >= 0.3 is 14.8 Å². The van der Waals surface area contributed by atoms with Crippen molar-refractivity contribution in [3.05, 3.63) is 36.5 Å². The van der Waals surface area contributed by atoms with E-state index in [0.717, 1.165) is 16.4 Å². The van der Waals surface area contributed by atoms with E-state index in [1.54, 1.807) is 6.20 Å². The lowest BCUT2D eigenvalue weighted by atomic mass is 9.78. The third-order valence-electron chi connectivity index (χ3n) is 4.15. The summed E-state index contributed by atoms with van der Waals surface area (Å²) >= 11 is 0. The summed E-state index contributed by atoms with van der Waals surface area (Å²) < 4.78 is 12.1. The Morgan fingerprint density at radius 3 is 2.23 bits per heavy atom. The first-order chi connectivity index (χ1) is 10.3. The molecule has 0 bridgehead atoms. The topological polar surface area (TPSA) is 71.8 Å². The molecule has 1 fully saturated rings. The second kappa shape index (κ2) is 6.38. The van der Waals surface area contributed by atoms with Gasteiger partial charge in [-0.1, -0.05) is 18.2 Å². The van der Waals surface area contributed by atoms with Crippen LogP contribution < -0.4 is 5.46 Å². The number of nitrogens with zero attached hydrogens (tertiary/aromatic N) is 1. The normalized spacial score (nSPS) is 18.7. The molecule has 0 atom stereocenters. The van der Waals surface area contributed by atoms with Crippen molar-refractivity contribution in [1.29, 1.82) is 0 Å². The number of rotatable bonds is 1. The summed E-state index contributed by atoms with van der Waals surface area (Å²) in [5, 5.41) is 15.4. The fourth-order valence-electron chi connectivity index (χ4n) is 2.22. The molecular weight excluding hydrogens is 280 g/mol. The molecule has 0 radical (unpaired) electrons. The summed E-state index contributed by atoms with van der Waals surface area (Å²) in [7, 11) is -1.06. The van der Waals surface area contributed by atoms with E-state index in [2.05, 4.69) is 44.8 Å². The van der Waals surface area contributed by atoms with Crippen LogP contribution in [-0.2, 0) is 9.31 Å². The lowest BCUT2D eigenvalue weighted by molar-refractivity contribution is 0.00578. The minimum atomic E-state index is -0.750. The SMILES string of the molecule is CC1(C)OB(c2ccc3ncccc3c2)OC1(C)C.OBO. The number of benzene rings is 1. The van der Waals surface area contributed by atoms with Gasteiger partial charge in [0.2, 0.25) is 0 Å². The van der Waals surface area contributed by atoms with Gasteiger partial charge in [0.1, 0.15) is 0 Å². The molecule has 7 heteroatoms. The van der Waals surface area contributed by atoms with Gasteiger partial charge < -0.3 is 19.4 Å². The van der Waals surface area contributed by atoms with Gasteiger partial charge in [0.05, 0.1) is 16.7 Å². The number of fused-ring (bicyclic) bond motifs is 1. The average molecular weight is 301 g/mol. The summed E-state index contributed by atoms with van der Waals surface area (Å²) in [6.07, 6.45) is 1.80. The average Bonchev–Trinajstić information content (AvgIpc) is 2.68. The molecule has 0 amide bonds. The highest BCUT2D eigenvalue weighted by molar-refractivity contribution is 6.62. The lowest BCUT2D eigenvalue weighted by Gasteiger charge is -2.32. The second-order valence-corrected chi connectivity index (χ2v) is 6.19. The van der Waals surface area contributed by atoms with Gasteiger partial charge in [-0.15, -0.1) is 0 Å². The Morgan fingerprint density at radius 2 is 1.64 bits per heavy atom. The van der Waals surface area contributed by atoms with Gasteiger partial charge in [-0.2, -0.15) is 0 Å². The minimum absolute atomic E-state index is 0.304. The van der Waals surface area contributed by atoms with Crippen LogP contribution in [0.2, 0.25) is 0 Å². The number of hydrogen-bond donors (Lipinski definition) is 2. The van der Waals surface area contributed by atoms with E-state index in [-0.39, 0.29) is 18.3 Å². The number of pyridine rings is 1. The van der Waals surface area contributed by atoms with Gasteiger partial charge in [-0.05, 0) is 50.7 Å². The van der Waals surface area contributed by atoms with Crippen LogP contribution in [0, 0.1) is 0 Å². The molecule has 0 saturated carbocycles. The van der Waals surface area contributed by atoms with Crippen molar-refractivity contribution in [3.63, 3.8) is 0 Å². The Hall–Kier alpha value is -1.40. The van der Waals surface area contributed by atoms with E-state index >= 15 is 0 Å². The standard InChI is InChI=1S/C15H18BNO2.BH3O2/c1-14(2)15(3,4)19-16(18-14)12-7-8-13-11(10-12)6-5-9-17-13;2-1-3/h5-10H,1-4H3;1-3H. The zero-order valence-corrected chi connectivity index (χ0v) is 13.4. The van der Waals surface area contributed by atoms with Crippen molar-refractivity contribution in [3.8, 4) is 0 Å². The molecular formula is C15H21B2NO4. The molecule has 1 aromatic heterocycles. The van der Waals surface area contributed by atoms with Crippen LogP contribution in [0.15, 0.2) is 36.5 Å². The Kier molecular flexibility index (Phi) is 4.92. The van der Waals surface area contributed by atoms with Crippen LogP contribution in [0.25, 0.3) is 10.9 Å². The van der Waals surface area contributed by atoms with Crippen molar-refractivity contribution in [2.24, 2.45) is 0 Å². The van der Waals surface area contributed by atoms with Gasteiger partial charge in [-0.25, -0.2) is 0 Å². The Morgan fingerprint density at radius 1 is 1.05 bits per heavy atom. The summed E-state index contributed by atoms with van der Waals surface area (Å²) in [4.78, 5) is 4.32. The molecule has 22 heavy (non-hydrogen) atoms. The molecule has 0 aliphatic carbocycles. The van der Waals surface area contributed by atoms with Gasteiger partial charge in [0.25, 0.3) is 0 Å². The fraction of sp³-hybridized carbons (Fsp3) is 0.400. The van der Waals surface area contributed by atoms with Crippen LogP contribution in [0.1, 0.15) is 27.7 Å². The van der Waals surface area contributed by atoms with Crippen LogP contribution in [0.5, 0.6) is 0 Å². The molecule has 2 aromatic rings. The molecule has 5 nitrogen and oxygen atoms in total. The smallest absolute Gasteiger partial charge is 0.430 e. The Balaban J connectivity index is 0.000000545. The molecule has 3 rings (SSSR count). The van der Waals surface area contributed by atoms with Crippen molar-refractivity contribution >= 4 is 31.2 Å². The van der Waals surface area contributed by atoms with Crippen LogP contribution in [-0.4, -0.2) is 41.0 Å². The van der Waals surface area contributed by atoms with E-state index in [1.807, 2.05) is 18.2 Å². The van der Waals surface area contributed by atoms with Crippen LogP contribution >= 0.6 is 0 Å². The monoisotopic (exact) mass is 301 g/mol. The maximum atomic E-state index is 7.12. The number of hydrogen-bond acceptors (Lipinski definition) is 5. The molecule has 0 spiro atoms. The summed E-state index contributed by atoms with van der Waals surface area (Å²) in [5.74, 6) is 0. The highest BCUT2D eigenvalue weighted by Gasteiger charge is 2.51. The highest BCUT2D eigenvalue weighted by atomic mass is 16.7. The predicted molar refractivity (Wildman–Crippen MR) is 89.0 cm³/mol. The molecule has 1 saturated heterocycles. The van der Waals surface area contributed by atoms with Gasteiger partial charge in [0, 0.05) is 6.20 Å². The Bertz CT molecular complexity index is 632. The third-order valence-corrected chi connectivity index (χ3v) is 4.15. The quantitative estimate of drug-likeness (QED) is 0.761. The molecule has 1 aliphatic rings. The minimum Gasteiger partial charge on any atom is -0.430 e. The highest BCUT2D eigenvalue weighted by Crippen LogP contribution is 2.36. The zero-order chi connectivity index (χ0) is 16.4. The van der Waals surface area contributed by atoms with Gasteiger partial charge in [-0.3, -0.25) is 4.98 Å². The largest absolute Gasteiger partial charge is 0.494 e.